The Labute approximate surface area is 123 Å². The predicted octanol–water partition coefficient (Wildman–Crippen LogP) is 0.119. The molecule has 0 saturated carbocycles. The lowest BCUT2D eigenvalue weighted by Gasteiger charge is -2.16. The summed E-state index contributed by atoms with van der Waals surface area (Å²) in [4.78, 5) is 10.6. The Morgan fingerprint density at radius 2 is 2.05 bits per heavy atom. The maximum absolute atomic E-state index is 12.4. The Morgan fingerprint density at radius 3 is 2.57 bits per heavy atom. The van der Waals surface area contributed by atoms with Gasteiger partial charge in [0.1, 0.15) is 5.75 Å². The SMILES string of the molecule is NCC1CCN(S(=O)(=O)c2ccc(OCC(=O)O)cc2)C1. The number of carboxylic acids is 1. The van der Waals surface area contributed by atoms with Gasteiger partial charge in [-0.25, -0.2) is 13.2 Å². The molecule has 1 aromatic rings. The van der Waals surface area contributed by atoms with E-state index < -0.39 is 22.6 Å². The first-order valence-corrected chi connectivity index (χ1v) is 8.02. The maximum Gasteiger partial charge on any atom is 0.341 e. The van der Waals surface area contributed by atoms with E-state index in [1.165, 1.54) is 28.6 Å². The van der Waals surface area contributed by atoms with E-state index in [2.05, 4.69) is 0 Å². The normalized spacial score (nSPS) is 19.6. The van der Waals surface area contributed by atoms with Crippen LogP contribution in [0.25, 0.3) is 0 Å². The summed E-state index contributed by atoms with van der Waals surface area (Å²) in [5, 5.41) is 8.51. The van der Waals surface area contributed by atoms with Gasteiger partial charge < -0.3 is 15.6 Å². The number of carbonyl (C=O) groups is 1. The molecule has 0 amide bonds. The topological polar surface area (TPSA) is 110 Å². The van der Waals surface area contributed by atoms with Gasteiger partial charge in [0, 0.05) is 13.1 Å². The summed E-state index contributed by atoms with van der Waals surface area (Å²) in [5.41, 5.74) is 5.57. The Bertz CT molecular complexity index is 599. The predicted molar refractivity (Wildman–Crippen MR) is 75.5 cm³/mol. The van der Waals surface area contributed by atoms with Crippen molar-refractivity contribution < 1.29 is 23.1 Å². The fourth-order valence-corrected chi connectivity index (χ4v) is 3.74. The molecule has 116 valence electrons. The van der Waals surface area contributed by atoms with Gasteiger partial charge in [0.25, 0.3) is 0 Å². The van der Waals surface area contributed by atoms with E-state index in [1.807, 2.05) is 0 Å². The van der Waals surface area contributed by atoms with Crippen molar-refractivity contribution in [2.75, 3.05) is 26.2 Å². The molecule has 0 aliphatic carbocycles. The first-order chi connectivity index (χ1) is 9.93. The van der Waals surface area contributed by atoms with Crippen LogP contribution in [0.5, 0.6) is 5.75 Å². The molecule has 1 heterocycles. The van der Waals surface area contributed by atoms with Crippen molar-refractivity contribution >= 4 is 16.0 Å². The number of nitrogens with zero attached hydrogens (tertiary/aromatic N) is 1. The van der Waals surface area contributed by atoms with Crippen LogP contribution in [0, 0.1) is 5.92 Å². The van der Waals surface area contributed by atoms with Gasteiger partial charge in [-0.2, -0.15) is 4.31 Å². The second-order valence-corrected chi connectivity index (χ2v) is 6.85. The second kappa shape index (κ2) is 6.42. The van der Waals surface area contributed by atoms with Crippen LogP contribution < -0.4 is 10.5 Å². The van der Waals surface area contributed by atoms with Crippen molar-refractivity contribution in [1.82, 2.24) is 4.31 Å². The summed E-state index contributed by atoms with van der Waals surface area (Å²) < 4.78 is 31.2. The molecule has 1 unspecified atom stereocenters. The summed E-state index contributed by atoms with van der Waals surface area (Å²) in [6.45, 7) is 0.932. The Kier molecular flexibility index (Phi) is 4.81. The third-order valence-electron chi connectivity index (χ3n) is 3.41. The van der Waals surface area contributed by atoms with Crippen LogP contribution in [0.3, 0.4) is 0 Å². The molecule has 1 aromatic carbocycles. The summed E-state index contributed by atoms with van der Waals surface area (Å²) in [6.07, 6.45) is 0.773. The minimum absolute atomic E-state index is 0.169. The molecule has 0 radical (unpaired) electrons. The number of benzene rings is 1. The minimum atomic E-state index is -3.52. The highest BCUT2D eigenvalue weighted by atomic mass is 32.2. The zero-order valence-corrected chi connectivity index (χ0v) is 12.3. The lowest BCUT2D eigenvalue weighted by molar-refractivity contribution is -0.139. The average molecular weight is 314 g/mol. The average Bonchev–Trinajstić information content (AvgIpc) is 2.95. The zero-order valence-electron chi connectivity index (χ0n) is 11.4. The van der Waals surface area contributed by atoms with Gasteiger partial charge in [0.15, 0.2) is 6.61 Å². The van der Waals surface area contributed by atoms with Crippen LogP contribution in [0.15, 0.2) is 29.2 Å². The van der Waals surface area contributed by atoms with E-state index in [4.69, 9.17) is 15.6 Å². The molecule has 0 spiro atoms. The fourth-order valence-electron chi connectivity index (χ4n) is 2.21. The van der Waals surface area contributed by atoms with Crippen LogP contribution in [-0.2, 0) is 14.8 Å². The number of nitrogens with two attached hydrogens (primary N) is 1. The third-order valence-corrected chi connectivity index (χ3v) is 5.29. The van der Waals surface area contributed by atoms with Crippen molar-refractivity contribution in [2.24, 2.45) is 11.7 Å². The number of rotatable bonds is 6. The molecule has 8 heteroatoms. The monoisotopic (exact) mass is 314 g/mol. The van der Waals surface area contributed by atoms with Crippen molar-refractivity contribution in [3.63, 3.8) is 0 Å². The van der Waals surface area contributed by atoms with Crippen LogP contribution in [0.4, 0.5) is 0 Å². The van der Waals surface area contributed by atoms with Crippen molar-refractivity contribution in [3.05, 3.63) is 24.3 Å². The minimum Gasteiger partial charge on any atom is -0.482 e. The summed E-state index contributed by atoms with van der Waals surface area (Å²) in [6, 6.07) is 5.74. The van der Waals surface area contributed by atoms with Crippen molar-refractivity contribution in [1.29, 1.82) is 0 Å². The number of aliphatic carboxylic acids is 1. The van der Waals surface area contributed by atoms with Gasteiger partial charge in [-0.1, -0.05) is 0 Å². The zero-order chi connectivity index (χ0) is 15.5. The quantitative estimate of drug-likeness (QED) is 0.771. The van der Waals surface area contributed by atoms with Gasteiger partial charge >= 0.3 is 5.97 Å². The molecule has 1 atom stereocenters. The lowest BCUT2D eigenvalue weighted by Crippen LogP contribution is -2.30. The molecule has 1 saturated heterocycles. The first-order valence-electron chi connectivity index (χ1n) is 6.58. The summed E-state index contributed by atoms with van der Waals surface area (Å²) in [5.74, 6) is -0.563. The van der Waals surface area contributed by atoms with E-state index in [-0.39, 0.29) is 10.8 Å². The Balaban J connectivity index is 2.08. The number of ether oxygens (including phenoxy) is 1. The van der Waals surface area contributed by atoms with Gasteiger partial charge in [-0.3, -0.25) is 0 Å². The molecule has 21 heavy (non-hydrogen) atoms. The number of hydrogen-bond acceptors (Lipinski definition) is 5. The molecule has 1 fully saturated rings. The summed E-state index contributed by atoms with van der Waals surface area (Å²) in [7, 11) is -3.52. The van der Waals surface area contributed by atoms with Crippen molar-refractivity contribution in [3.8, 4) is 5.75 Å². The number of carboxylic acid groups (broad SMARTS) is 1. The van der Waals surface area contributed by atoms with Crippen molar-refractivity contribution in [2.45, 2.75) is 11.3 Å². The number of hydrogen-bond donors (Lipinski definition) is 2. The second-order valence-electron chi connectivity index (χ2n) is 4.91. The number of sulfonamides is 1. The molecule has 2 rings (SSSR count). The summed E-state index contributed by atoms with van der Waals surface area (Å²) >= 11 is 0. The first kappa shape index (κ1) is 15.7. The molecule has 7 nitrogen and oxygen atoms in total. The molecule has 1 aliphatic rings. The third kappa shape index (κ3) is 3.72. The molecular formula is C13H18N2O5S. The Morgan fingerprint density at radius 1 is 1.38 bits per heavy atom. The fraction of sp³-hybridized carbons (Fsp3) is 0.462. The van der Waals surface area contributed by atoms with Gasteiger partial charge in [0.05, 0.1) is 4.90 Å². The van der Waals surface area contributed by atoms with Crippen LogP contribution in [0.1, 0.15) is 6.42 Å². The van der Waals surface area contributed by atoms with Gasteiger partial charge in [0.2, 0.25) is 10.0 Å². The molecule has 1 aliphatic heterocycles. The van der Waals surface area contributed by atoms with Crippen LogP contribution in [-0.4, -0.2) is 50.0 Å². The smallest absolute Gasteiger partial charge is 0.341 e. The van der Waals surface area contributed by atoms with E-state index in [1.54, 1.807) is 0 Å². The van der Waals surface area contributed by atoms with Gasteiger partial charge in [-0.05, 0) is 43.1 Å². The van der Waals surface area contributed by atoms with E-state index >= 15 is 0 Å². The standard InChI is InChI=1S/C13H18N2O5S/c14-7-10-5-6-15(8-10)21(18,19)12-3-1-11(2-4-12)20-9-13(16)17/h1-4,10H,5-9,14H2,(H,16,17). The van der Waals surface area contributed by atoms with Crippen LogP contribution in [0.2, 0.25) is 0 Å². The van der Waals surface area contributed by atoms with E-state index in [9.17, 15) is 13.2 Å². The molecule has 0 aromatic heterocycles. The Hall–Kier alpha value is -1.64. The largest absolute Gasteiger partial charge is 0.482 e. The molecule has 0 bridgehead atoms. The van der Waals surface area contributed by atoms with E-state index in [0.717, 1.165) is 6.42 Å². The van der Waals surface area contributed by atoms with Gasteiger partial charge in [-0.15, -0.1) is 0 Å². The highest BCUT2D eigenvalue weighted by Crippen LogP contribution is 2.25. The molecule has 3 N–H and O–H groups in total. The highest BCUT2D eigenvalue weighted by molar-refractivity contribution is 7.89. The van der Waals surface area contributed by atoms with Crippen LogP contribution >= 0.6 is 0 Å². The molecular weight excluding hydrogens is 296 g/mol. The highest BCUT2D eigenvalue weighted by Gasteiger charge is 2.31. The lowest BCUT2D eigenvalue weighted by atomic mass is 10.1. The van der Waals surface area contributed by atoms with E-state index in [0.29, 0.717) is 25.4 Å². The maximum atomic E-state index is 12.4.